The first-order valence-corrected chi connectivity index (χ1v) is 6.10. The second-order valence-corrected chi connectivity index (χ2v) is 4.74. The number of aromatic nitrogens is 3. The van der Waals surface area contributed by atoms with Gasteiger partial charge in [0, 0.05) is 24.8 Å². The van der Waals surface area contributed by atoms with E-state index in [2.05, 4.69) is 63.6 Å². The highest BCUT2D eigenvalue weighted by atomic mass is 127. The van der Waals surface area contributed by atoms with Crippen LogP contribution in [0.5, 0.6) is 0 Å². The van der Waals surface area contributed by atoms with E-state index < -0.39 is 0 Å². The third-order valence-corrected chi connectivity index (χ3v) is 3.80. The Morgan fingerprint density at radius 1 is 1.19 bits per heavy atom. The van der Waals surface area contributed by atoms with Crippen molar-refractivity contribution in [1.29, 1.82) is 0 Å². The molecule has 2 aromatic heterocycles. The minimum Gasteiger partial charge on any atom is -0.328 e. The van der Waals surface area contributed by atoms with Crippen molar-refractivity contribution < 1.29 is 0 Å². The molecule has 0 atom stereocenters. The number of hydrogen-bond donors (Lipinski definition) is 0. The zero-order valence-electron chi connectivity index (χ0n) is 8.76. The number of para-hydroxylation sites is 1. The Balaban J connectivity index is 2.42. The van der Waals surface area contributed by atoms with Gasteiger partial charge in [0.2, 0.25) is 0 Å². The summed E-state index contributed by atoms with van der Waals surface area (Å²) in [6.45, 7) is 0. The molecule has 0 saturated carbocycles. The van der Waals surface area contributed by atoms with Gasteiger partial charge < -0.3 is 4.57 Å². The van der Waals surface area contributed by atoms with Gasteiger partial charge in [0.05, 0.1) is 9.09 Å². The van der Waals surface area contributed by atoms with Crippen LogP contribution in [0.2, 0.25) is 0 Å². The molecule has 0 saturated heterocycles. The minimum absolute atomic E-state index is 1.12. The predicted molar refractivity (Wildman–Crippen MR) is 72.8 cm³/mol. The Morgan fingerprint density at radius 2 is 2.00 bits per heavy atom. The Kier molecular flexibility index (Phi) is 2.24. The van der Waals surface area contributed by atoms with Gasteiger partial charge in [0.15, 0.2) is 0 Å². The van der Waals surface area contributed by atoms with Gasteiger partial charge in [-0.1, -0.05) is 18.2 Å². The molecule has 3 nitrogen and oxygen atoms in total. The Hall–Kier alpha value is -1.30. The van der Waals surface area contributed by atoms with Crippen LogP contribution in [0.15, 0.2) is 42.7 Å². The van der Waals surface area contributed by atoms with E-state index in [9.17, 15) is 0 Å². The van der Waals surface area contributed by atoms with Gasteiger partial charge >= 0.3 is 0 Å². The van der Waals surface area contributed by atoms with Gasteiger partial charge in [-0.3, -0.25) is 0 Å². The van der Waals surface area contributed by atoms with E-state index in [4.69, 9.17) is 0 Å². The molecule has 0 aliphatic heterocycles. The Bertz CT molecular complexity index is 599. The summed E-state index contributed by atoms with van der Waals surface area (Å²) in [5.74, 6) is 1.12. The van der Waals surface area contributed by atoms with Crippen molar-refractivity contribution in [3.63, 3.8) is 0 Å². The van der Waals surface area contributed by atoms with Crippen molar-refractivity contribution in [2.75, 3.05) is 0 Å². The maximum atomic E-state index is 4.29. The van der Waals surface area contributed by atoms with Crippen molar-refractivity contribution in [3.8, 4) is 5.82 Å². The van der Waals surface area contributed by atoms with Crippen LogP contribution >= 0.6 is 22.6 Å². The summed E-state index contributed by atoms with van der Waals surface area (Å²) in [7, 11) is 2.07. The van der Waals surface area contributed by atoms with Gasteiger partial charge in [-0.05, 0) is 34.7 Å². The van der Waals surface area contributed by atoms with E-state index in [1.807, 2.05) is 16.9 Å². The molecule has 3 rings (SSSR count). The fourth-order valence-electron chi connectivity index (χ4n) is 1.98. The van der Waals surface area contributed by atoms with Crippen molar-refractivity contribution in [1.82, 2.24) is 14.3 Å². The highest BCUT2D eigenvalue weighted by molar-refractivity contribution is 14.1. The Morgan fingerprint density at radius 3 is 2.69 bits per heavy atom. The van der Waals surface area contributed by atoms with Gasteiger partial charge in [-0.15, -0.1) is 0 Å². The summed E-state index contributed by atoms with van der Waals surface area (Å²) in [5.41, 5.74) is 1.23. The average molecular weight is 323 g/mol. The minimum atomic E-state index is 1.12. The predicted octanol–water partition coefficient (Wildman–Crippen LogP) is 2.97. The number of fused-ring (bicyclic) bond motifs is 1. The van der Waals surface area contributed by atoms with Crippen molar-refractivity contribution in [3.05, 3.63) is 46.3 Å². The standard InChI is InChI=1S/C12H10IN3/c1-15-10-6-3-2-5-9(10)11(13)12(15)16-8-4-7-14-16/h2-8H,1H3. The van der Waals surface area contributed by atoms with Crippen LogP contribution in [0.25, 0.3) is 16.7 Å². The topological polar surface area (TPSA) is 22.8 Å². The highest BCUT2D eigenvalue weighted by Gasteiger charge is 2.13. The van der Waals surface area contributed by atoms with E-state index in [0.717, 1.165) is 5.82 Å². The number of benzene rings is 1. The fourth-order valence-corrected chi connectivity index (χ4v) is 3.05. The second kappa shape index (κ2) is 3.62. The molecule has 2 heterocycles. The van der Waals surface area contributed by atoms with Crippen LogP contribution in [0.1, 0.15) is 0 Å². The normalized spacial score (nSPS) is 11.1. The average Bonchev–Trinajstić information content (AvgIpc) is 2.89. The van der Waals surface area contributed by atoms with Crippen LogP contribution in [0, 0.1) is 3.57 Å². The van der Waals surface area contributed by atoms with Gasteiger partial charge in [-0.2, -0.15) is 5.10 Å². The summed E-state index contributed by atoms with van der Waals surface area (Å²) in [6.07, 6.45) is 3.77. The van der Waals surface area contributed by atoms with E-state index in [1.165, 1.54) is 14.5 Å². The molecule has 4 heteroatoms. The molecule has 0 fully saturated rings. The van der Waals surface area contributed by atoms with E-state index >= 15 is 0 Å². The first-order chi connectivity index (χ1) is 7.79. The molecule has 0 spiro atoms. The second-order valence-electron chi connectivity index (χ2n) is 3.66. The first kappa shape index (κ1) is 9.89. The van der Waals surface area contributed by atoms with E-state index in [0.29, 0.717) is 0 Å². The lowest BCUT2D eigenvalue weighted by Crippen LogP contribution is -2.03. The number of nitrogens with zero attached hydrogens (tertiary/aromatic N) is 3. The van der Waals surface area contributed by atoms with Crippen LogP contribution in [0.4, 0.5) is 0 Å². The summed E-state index contributed by atoms with van der Waals surface area (Å²) in [4.78, 5) is 0. The number of aryl methyl sites for hydroxylation is 1. The monoisotopic (exact) mass is 323 g/mol. The summed E-state index contributed by atoms with van der Waals surface area (Å²) in [5, 5.41) is 5.57. The maximum absolute atomic E-state index is 4.29. The lowest BCUT2D eigenvalue weighted by atomic mass is 10.2. The van der Waals surface area contributed by atoms with Gasteiger partial charge in [0.1, 0.15) is 5.82 Å². The van der Waals surface area contributed by atoms with Crippen molar-refractivity contribution >= 4 is 33.5 Å². The molecule has 80 valence electrons. The third kappa shape index (κ3) is 1.29. The lowest BCUT2D eigenvalue weighted by molar-refractivity contribution is 0.783. The molecular weight excluding hydrogens is 313 g/mol. The quantitative estimate of drug-likeness (QED) is 0.632. The number of rotatable bonds is 1. The van der Waals surface area contributed by atoms with Gasteiger partial charge in [0.25, 0.3) is 0 Å². The molecule has 3 aromatic rings. The third-order valence-electron chi connectivity index (χ3n) is 2.74. The number of hydrogen-bond acceptors (Lipinski definition) is 1. The van der Waals surface area contributed by atoms with Crippen LogP contribution in [0.3, 0.4) is 0 Å². The molecule has 0 radical (unpaired) electrons. The zero-order chi connectivity index (χ0) is 11.1. The largest absolute Gasteiger partial charge is 0.328 e. The summed E-state index contributed by atoms with van der Waals surface area (Å²) in [6, 6.07) is 10.3. The molecule has 0 aliphatic carbocycles. The molecule has 0 bridgehead atoms. The highest BCUT2D eigenvalue weighted by Crippen LogP contribution is 2.28. The van der Waals surface area contributed by atoms with Crippen molar-refractivity contribution in [2.24, 2.45) is 7.05 Å². The molecule has 0 amide bonds. The number of halogens is 1. The van der Waals surface area contributed by atoms with Crippen molar-refractivity contribution in [2.45, 2.75) is 0 Å². The smallest absolute Gasteiger partial charge is 0.148 e. The summed E-state index contributed by atoms with van der Waals surface area (Å²) >= 11 is 2.38. The molecule has 0 N–H and O–H groups in total. The fraction of sp³-hybridized carbons (Fsp3) is 0.0833. The Labute approximate surface area is 107 Å². The zero-order valence-corrected chi connectivity index (χ0v) is 10.9. The lowest BCUT2D eigenvalue weighted by Gasteiger charge is -2.04. The summed E-state index contributed by atoms with van der Waals surface area (Å²) < 4.78 is 5.31. The molecule has 16 heavy (non-hydrogen) atoms. The molecule has 0 aliphatic rings. The molecular formula is C12H10IN3. The van der Waals surface area contributed by atoms with E-state index in [-0.39, 0.29) is 0 Å². The van der Waals surface area contributed by atoms with Crippen LogP contribution < -0.4 is 0 Å². The van der Waals surface area contributed by atoms with Crippen LogP contribution in [-0.2, 0) is 7.05 Å². The SMILES string of the molecule is Cn1c(-n2cccn2)c(I)c2ccccc21. The molecule has 0 unspecified atom stereocenters. The first-order valence-electron chi connectivity index (χ1n) is 5.02. The maximum Gasteiger partial charge on any atom is 0.148 e. The van der Waals surface area contributed by atoms with E-state index in [1.54, 1.807) is 6.20 Å². The molecule has 1 aromatic carbocycles. The van der Waals surface area contributed by atoms with Crippen LogP contribution in [-0.4, -0.2) is 14.3 Å². The van der Waals surface area contributed by atoms with Gasteiger partial charge in [-0.25, -0.2) is 4.68 Å².